The number of aromatic nitrogens is 2. The highest BCUT2D eigenvalue weighted by atomic mass is 19.1. The largest absolute Gasteiger partial charge is 0.490 e. The average Bonchev–Trinajstić information content (AvgIpc) is 2.79. The Morgan fingerprint density at radius 3 is 2.96 bits per heavy atom. The molecule has 3 rings (SSSR count). The number of hydrogen-bond acceptors (Lipinski definition) is 4. The van der Waals surface area contributed by atoms with Gasteiger partial charge in [-0.05, 0) is 13.0 Å². The minimum atomic E-state index is -0.291. The molecule has 1 aliphatic rings. The van der Waals surface area contributed by atoms with Crippen LogP contribution in [0.4, 0.5) is 10.2 Å². The molecule has 0 saturated carbocycles. The number of fused-ring (bicyclic) bond motifs is 1. The zero-order valence-corrected chi connectivity index (χ0v) is 14.1. The van der Waals surface area contributed by atoms with E-state index in [1.54, 1.807) is 6.07 Å². The van der Waals surface area contributed by atoms with Crippen LogP contribution in [0.5, 0.6) is 5.75 Å². The van der Waals surface area contributed by atoms with Gasteiger partial charge in [0.25, 0.3) is 0 Å². The Morgan fingerprint density at radius 1 is 1.43 bits per heavy atom. The van der Waals surface area contributed by atoms with E-state index in [9.17, 15) is 4.39 Å². The summed E-state index contributed by atoms with van der Waals surface area (Å²) in [5.41, 5.74) is 3.07. The van der Waals surface area contributed by atoms with Gasteiger partial charge in [0.15, 0.2) is 11.6 Å². The van der Waals surface area contributed by atoms with E-state index in [0.29, 0.717) is 18.9 Å². The van der Waals surface area contributed by atoms with Crippen molar-refractivity contribution < 1.29 is 9.13 Å². The molecule has 23 heavy (non-hydrogen) atoms. The monoisotopic (exact) mass is 318 g/mol. The van der Waals surface area contributed by atoms with Gasteiger partial charge in [0.1, 0.15) is 5.82 Å². The van der Waals surface area contributed by atoms with Crippen LogP contribution in [0.2, 0.25) is 0 Å². The van der Waals surface area contributed by atoms with Gasteiger partial charge in [0.05, 0.1) is 12.3 Å². The molecule has 6 heteroatoms. The molecule has 0 bridgehead atoms. The van der Waals surface area contributed by atoms with E-state index in [4.69, 9.17) is 4.74 Å². The number of hydrogen-bond donors (Lipinski definition) is 1. The first-order chi connectivity index (χ1) is 11.0. The van der Waals surface area contributed by atoms with Crippen molar-refractivity contribution in [3.63, 3.8) is 0 Å². The number of rotatable bonds is 4. The van der Waals surface area contributed by atoms with E-state index in [1.165, 1.54) is 11.6 Å². The first kappa shape index (κ1) is 15.8. The fourth-order valence-electron chi connectivity index (χ4n) is 3.28. The molecule has 1 aliphatic heterocycles. The third-order valence-corrected chi connectivity index (χ3v) is 4.29. The summed E-state index contributed by atoms with van der Waals surface area (Å²) in [6.45, 7) is 3.23. The van der Waals surface area contributed by atoms with Gasteiger partial charge in [-0.15, -0.1) is 0 Å². The van der Waals surface area contributed by atoms with Crippen LogP contribution in [-0.2, 0) is 13.6 Å². The van der Waals surface area contributed by atoms with Crippen LogP contribution in [0.3, 0.4) is 0 Å². The lowest BCUT2D eigenvalue weighted by Gasteiger charge is -2.27. The summed E-state index contributed by atoms with van der Waals surface area (Å²) >= 11 is 0. The van der Waals surface area contributed by atoms with Gasteiger partial charge >= 0.3 is 0 Å². The number of halogens is 1. The molecule has 5 nitrogen and oxygen atoms in total. The van der Waals surface area contributed by atoms with Crippen LogP contribution in [0.1, 0.15) is 29.3 Å². The fourth-order valence-corrected chi connectivity index (χ4v) is 3.28. The van der Waals surface area contributed by atoms with Crippen molar-refractivity contribution in [2.45, 2.75) is 25.9 Å². The maximum atomic E-state index is 13.9. The zero-order chi connectivity index (χ0) is 16.6. The normalized spacial score (nSPS) is 16.8. The van der Waals surface area contributed by atoms with Crippen molar-refractivity contribution in [3.8, 4) is 5.75 Å². The first-order valence-corrected chi connectivity index (χ1v) is 7.83. The topological polar surface area (TPSA) is 42.3 Å². The SMILES string of the molecule is Cc1nn(C)c(N(C)C)c1CN[C@H]1CCOc2c(F)cccc21. The standard InChI is InChI=1S/C17H23FN4O/c1-11-13(17(21(2)3)22(4)20-11)10-19-15-8-9-23-16-12(15)6-5-7-14(16)18/h5-7,15,19H,8-10H2,1-4H3/t15-/m0/s1. The Kier molecular flexibility index (Phi) is 4.26. The Labute approximate surface area is 136 Å². The van der Waals surface area contributed by atoms with E-state index in [1.807, 2.05) is 38.8 Å². The lowest BCUT2D eigenvalue weighted by Crippen LogP contribution is -2.28. The summed E-state index contributed by atoms with van der Waals surface area (Å²) in [6, 6.07) is 5.19. The van der Waals surface area contributed by atoms with Gasteiger partial charge in [0.2, 0.25) is 0 Å². The summed E-state index contributed by atoms with van der Waals surface area (Å²) in [5.74, 6) is 1.18. The van der Waals surface area contributed by atoms with E-state index in [0.717, 1.165) is 23.5 Å². The first-order valence-electron chi connectivity index (χ1n) is 7.83. The van der Waals surface area contributed by atoms with Crippen LogP contribution < -0.4 is 15.0 Å². The number of para-hydroxylation sites is 1. The van der Waals surface area contributed by atoms with E-state index >= 15 is 0 Å². The summed E-state index contributed by atoms with van der Waals surface area (Å²) < 4.78 is 21.3. The summed E-state index contributed by atoms with van der Waals surface area (Å²) in [6.07, 6.45) is 0.826. The van der Waals surface area contributed by atoms with E-state index < -0.39 is 0 Å². The zero-order valence-electron chi connectivity index (χ0n) is 14.1. The van der Waals surface area contributed by atoms with Gasteiger partial charge in [0, 0.05) is 51.3 Å². The number of ether oxygens (including phenoxy) is 1. The second-order valence-electron chi connectivity index (χ2n) is 6.13. The van der Waals surface area contributed by atoms with Crippen LogP contribution in [-0.4, -0.2) is 30.5 Å². The number of nitrogens with zero attached hydrogens (tertiary/aromatic N) is 3. The van der Waals surface area contributed by atoms with E-state index in [-0.39, 0.29) is 11.9 Å². The van der Waals surface area contributed by atoms with Crippen molar-refractivity contribution in [1.82, 2.24) is 15.1 Å². The third kappa shape index (κ3) is 2.91. The highest BCUT2D eigenvalue weighted by molar-refractivity contribution is 5.49. The molecule has 1 N–H and O–H groups in total. The molecular formula is C17H23FN4O. The van der Waals surface area contributed by atoms with E-state index in [2.05, 4.69) is 15.3 Å². The smallest absolute Gasteiger partial charge is 0.165 e. The van der Waals surface area contributed by atoms with Gasteiger partial charge in [-0.3, -0.25) is 4.68 Å². The number of nitrogens with one attached hydrogen (secondary N) is 1. The van der Waals surface area contributed by atoms with Crippen LogP contribution in [0.25, 0.3) is 0 Å². The van der Waals surface area contributed by atoms with Crippen LogP contribution >= 0.6 is 0 Å². The van der Waals surface area contributed by atoms with Gasteiger partial charge in [-0.2, -0.15) is 5.10 Å². The molecule has 2 heterocycles. The second kappa shape index (κ2) is 6.20. The van der Waals surface area contributed by atoms with Crippen molar-refractivity contribution in [2.24, 2.45) is 7.05 Å². The molecule has 2 aromatic rings. The van der Waals surface area contributed by atoms with Gasteiger partial charge in [-0.25, -0.2) is 4.39 Å². The Morgan fingerprint density at radius 2 is 2.22 bits per heavy atom. The molecular weight excluding hydrogens is 295 g/mol. The molecule has 1 aromatic heterocycles. The average molecular weight is 318 g/mol. The molecule has 0 saturated heterocycles. The van der Waals surface area contributed by atoms with Crippen molar-refractivity contribution >= 4 is 5.82 Å². The predicted octanol–water partition coefficient (Wildman–Crippen LogP) is 2.55. The molecule has 1 atom stereocenters. The van der Waals surface area contributed by atoms with Crippen molar-refractivity contribution in [2.75, 3.05) is 25.6 Å². The van der Waals surface area contributed by atoms with Crippen LogP contribution in [0.15, 0.2) is 18.2 Å². The minimum absolute atomic E-state index is 0.0871. The predicted molar refractivity (Wildman–Crippen MR) is 88.4 cm³/mol. The molecule has 124 valence electrons. The summed E-state index contributed by atoms with van der Waals surface area (Å²) in [5, 5.41) is 8.05. The minimum Gasteiger partial charge on any atom is -0.490 e. The quantitative estimate of drug-likeness (QED) is 0.941. The number of anilines is 1. The lowest BCUT2D eigenvalue weighted by atomic mass is 10.00. The molecule has 0 amide bonds. The summed E-state index contributed by atoms with van der Waals surface area (Å²) in [7, 11) is 5.98. The molecule has 0 radical (unpaired) electrons. The van der Waals surface area contributed by atoms with Crippen LogP contribution in [0, 0.1) is 12.7 Å². The van der Waals surface area contributed by atoms with Gasteiger partial charge < -0.3 is 15.0 Å². The molecule has 0 aliphatic carbocycles. The maximum Gasteiger partial charge on any atom is 0.165 e. The molecule has 0 spiro atoms. The number of benzene rings is 1. The number of aryl methyl sites for hydroxylation is 2. The highest BCUT2D eigenvalue weighted by Gasteiger charge is 2.24. The van der Waals surface area contributed by atoms with Crippen molar-refractivity contribution in [3.05, 3.63) is 40.8 Å². The maximum absolute atomic E-state index is 13.9. The lowest BCUT2D eigenvalue weighted by molar-refractivity contribution is 0.240. The Balaban J connectivity index is 1.82. The van der Waals surface area contributed by atoms with Gasteiger partial charge in [-0.1, -0.05) is 12.1 Å². The molecule has 0 fully saturated rings. The Bertz CT molecular complexity index is 711. The highest BCUT2D eigenvalue weighted by Crippen LogP contribution is 2.34. The van der Waals surface area contributed by atoms with Crippen molar-refractivity contribution in [1.29, 1.82) is 0 Å². The second-order valence-corrected chi connectivity index (χ2v) is 6.13. The Hall–Kier alpha value is -2.08. The molecule has 1 aromatic carbocycles. The molecule has 0 unspecified atom stereocenters. The summed E-state index contributed by atoms with van der Waals surface area (Å²) in [4.78, 5) is 2.06. The fraction of sp³-hybridized carbons (Fsp3) is 0.471. The third-order valence-electron chi connectivity index (χ3n) is 4.29.